The molecular weight excluding hydrogens is 509 g/mol. The third-order valence-electron chi connectivity index (χ3n) is 4.61. The SMILES string of the molecule is CCNC(=NCCc1cc(F)ccc1F)N1CCN(c2nc(CC)ns2)CC1.I. The number of anilines is 1. The van der Waals surface area contributed by atoms with Gasteiger partial charge in [0.1, 0.15) is 17.5 Å². The van der Waals surface area contributed by atoms with Crippen LogP contribution >= 0.6 is 35.5 Å². The van der Waals surface area contributed by atoms with E-state index >= 15 is 0 Å². The molecule has 160 valence electrons. The zero-order valence-corrected chi connectivity index (χ0v) is 19.8. The lowest BCUT2D eigenvalue weighted by Crippen LogP contribution is -2.52. The van der Waals surface area contributed by atoms with Gasteiger partial charge in [0.25, 0.3) is 0 Å². The summed E-state index contributed by atoms with van der Waals surface area (Å²) in [7, 11) is 0. The fourth-order valence-corrected chi connectivity index (χ4v) is 3.87. The molecule has 6 nitrogen and oxygen atoms in total. The number of guanidine groups is 1. The molecule has 0 bridgehead atoms. The molecule has 1 aromatic carbocycles. The number of hydrogen-bond acceptors (Lipinski definition) is 5. The zero-order valence-electron chi connectivity index (χ0n) is 16.7. The highest BCUT2D eigenvalue weighted by atomic mass is 127. The van der Waals surface area contributed by atoms with E-state index < -0.39 is 11.6 Å². The van der Waals surface area contributed by atoms with Crippen molar-refractivity contribution in [2.24, 2.45) is 4.99 Å². The summed E-state index contributed by atoms with van der Waals surface area (Å²) in [5, 5.41) is 4.27. The molecule has 0 unspecified atom stereocenters. The van der Waals surface area contributed by atoms with Gasteiger partial charge in [-0.15, -0.1) is 24.0 Å². The van der Waals surface area contributed by atoms with Crippen LogP contribution in [0.3, 0.4) is 0 Å². The molecule has 2 heterocycles. The molecule has 1 aromatic heterocycles. The second-order valence-electron chi connectivity index (χ2n) is 6.54. The topological polar surface area (TPSA) is 56.7 Å². The molecule has 1 fully saturated rings. The molecule has 1 N–H and O–H groups in total. The fourth-order valence-electron chi connectivity index (χ4n) is 3.07. The maximum absolute atomic E-state index is 13.8. The van der Waals surface area contributed by atoms with E-state index in [1.807, 2.05) is 6.92 Å². The van der Waals surface area contributed by atoms with Gasteiger partial charge in [-0.25, -0.2) is 13.8 Å². The quantitative estimate of drug-likeness (QED) is 0.349. The van der Waals surface area contributed by atoms with Crippen LogP contribution in [-0.4, -0.2) is 59.5 Å². The van der Waals surface area contributed by atoms with E-state index in [4.69, 9.17) is 0 Å². The Kier molecular flexibility index (Phi) is 9.47. The molecule has 1 aliphatic heterocycles. The predicted octanol–water partition coefficient (Wildman–Crippen LogP) is 3.33. The van der Waals surface area contributed by atoms with E-state index in [0.717, 1.165) is 68.2 Å². The molecule has 0 spiro atoms. The number of halogens is 3. The number of nitrogens with one attached hydrogen (secondary N) is 1. The minimum absolute atomic E-state index is 0. The summed E-state index contributed by atoms with van der Waals surface area (Å²) in [5.41, 5.74) is 0.354. The molecule has 0 aliphatic carbocycles. The van der Waals surface area contributed by atoms with Crippen molar-refractivity contribution in [3.63, 3.8) is 0 Å². The average molecular weight is 536 g/mol. The molecular formula is C19H27F2IN6S. The van der Waals surface area contributed by atoms with Crippen molar-refractivity contribution >= 4 is 46.6 Å². The lowest BCUT2D eigenvalue weighted by atomic mass is 10.1. The highest BCUT2D eigenvalue weighted by molar-refractivity contribution is 14.0. The van der Waals surface area contributed by atoms with E-state index in [0.29, 0.717) is 18.5 Å². The summed E-state index contributed by atoms with van der Waals surface area (Å²) in [6, 6.07) is 3.53. The van der Waals surface area contributed by atoms with Crippen molar-refractivity contribution in [3.05, 3.63) is 41.2 Å². The second-order valence-corrected chi connectivity index (χ2v) is 7.27. The van der Waals surface area contributed by atoms with E-state index in [-0.39, 0.29) is 24.0 Å². The highest BCUT2D eigenvalue weighted by Gasteiger charge is 2.22. The Morgan fingerprint density at radius 2 is 1.97 bits per heavy atom. The first kappa shape index (κ1) is 23.7. The van der Waals surface area contributed by atoms with Gasteiger partial charge in [0.2, 0.25) is 5.13 Å². The third kappa shape index (κ3) is 6.46. The summed E-state index contributed by atoms with van der Waals surface area (Å²) in [4.78, 5) is 13.6. The first-order valence-electron chi connectivity index (χ1n) is 9.65. The van der Waals surface area contributed by atoms with Crippen LogP contribution in [0.4, 0.5) is 13.9 Å². The Morgan fingerprint density at radius 1 is 1.21 bits per heavy atom. The highest BCUT2D eigenvalue weighted by Crippen LogP contribution is 2.19. The molecule has 1 saturated heterocycles. The molecule has 3 rings (SSSR count). The van der Waals surface area contributed by atoms with Crippen molar-refractivity contribution in [2.75, 3.05) is 44.2 Å². The monoisotopic (exact) mass is 536 g/mol. The fraction of sp³-hybridized carbons (Fsp3) is 0.526. The smallest absolute Gasteiger partial charge is 0.205 e. The molecule has 29 heavy (non-hydrogen) atoms. The predicted molar refractivity (Wildman–Crippen MR) is 125 cm³/mol. The lowest BCUT2D eigenvalue weighted by Gasteiger charge is -2.36. The normalized spacial score (nSPS) is 14.7. The molecule has 0 amide bonds. The Bertz CT molecular complexity index is 808. The Balaban J connectivity index is 0.00000300. The summed E-state index contributed by atoms with van der Waals surface area (Å²) >= 11 is 1.45. The van der Waals surface area contributed by atoms with E-state index in [1.165, 1.54) is 17.6 Å². The molecule has 0 saturated carbocycles. The summed E-state index contributed by atoms with van der Waals surface area (Å²) in [6.07, 6.45) is 1.21. The maximum Gasteiger partial charge on any atom is 0.205 e. The number of aliphatic imine (C=N–C) groups is 1. The first-order chi connectivity index (χ1) is 13.6. The van der Waals surface area contributed by atoms with Gasteiger partial charge in [-0.3, -0.25) is 4.99 Å². The maximum atomic E-state index is 13.8. The Morgan fingerprint density at radius 3 is 2.62 bits per heavy atom. The summed E-state index contributed by atoms with van der Waals surface area (Å²) < 4.78 is 31.4. The lowest BCUT2D eigenvalue weighted by molar-refractivity contribution is 0.372. The van der Waals surface area contributed by atoms with Gasteiger partial charge >= 0.3 is 0 Å². The average Bonchev–Trinajstić information content (AvgIpc) is 3.19. The second kappa shape index (κ2) is 11.6. The van der Waals surface area contributed by atoms with Crippen molar-refractivity contribution in [1.29, 1.82) is 0 Å². The number of piperazine rings is 1. The van der Waals surface area contributed by atoms with Crippen LogP contribution in [0, 0.1) is 11.6 Å². The van der Waals surface area contributed by atoms with Gasteiger partial charge in [-0.2, -0.15) is 4.37 Å². The third-order valence-corrected chi connectivity index (χ3v) is 5.42. The van der Waals surface area contributed by atoms with Crippen LogP contribution in [-0.2, 0) is 12.8 Å². The number of nitrogens with zero attached hydrogens (tertiary/aromatic N) is 5. The summed E-state index contributed by atoms with van der Waals surface area (Å²) in [6.45, 7) is 8.57. The number of aryl methyl sites for hydroxylation is 1. The van der Waals surface area contributed by atoms with Gasteiger partial charge in [-0.1, -0.05) is 6.92 Å². The molecule has 10 heteroatoms. The minimum Gasteiger partial charge on any atom is -0.357 e. The minimum atomic E-state index is -0.425. The van der Waals surface area contributed by atoms with Gasteiger partial charge in [0, 0.05) is 57.2 Å². The van der Waals surface area contributed by atoms with Crippen molar-refractivity contribution in [2.45, 2.75) is 26.7 Å². The number of benzene rings is 1. The van der Waals surface area contributed by atoms with Crippen molar-refractivity contribution in [3.8, 4) is 0 Å². The van der Waals surface area contributed by atoms with Crippen molar-refractivity contribution < 1.29 is 8.78 Å². The van der Waals surface area contributed by atoms with Crippen LogP contribution < -0.4 is 10.2 Å². The molecule has 2 aromatic rings. The van der Waals surface area contributed by atoms with Crippen molar-refractivity contribution in [1.82, 2.24) is 19.6 Å². The van der Waals surface area contributed by atoms with Crippen LogP contribution in [0.15, 0.2) is 23.2 Å². The number of rotatable bonds is 6. The Hall–Kier alpha value is -1.56. The molecule has 1 aliphatic rings. The zero-order chi connectivity index (χ0) is 19.9. The standard InChI is InChI=1S/C19H26F2N6S.HI/c1-3-17-24-19(28-25-17)27-11-9-26(10-12-27)18(22-4-2)23-8-7-14-13-15(20)5-6-16(14)21;/h5-6,13H,3-4,7-12H2,1-2H3,(H,22,23);1H. The largest absolute Gasteiger partial charge is 0.357 e. The summed E-state index contributed by atoms with van der Waals surface area (Å²) in [5.74, 6) is 0.886. The molecule has 0 atom stereocenters. The van der Waals surface area contributed by atoms with Crippen LogP contribution in [0.2, 0.25) is 0 Å². The van der Waals surface area contributed by atoms with E-state index in [9.17, 15) is 8.78 Å². The van der Waals surface area contributed by atoms with E-state index in [2.05, 4.69) is 36.4 Å². The first-order valence-corrected chi connectivity index (χ1v) is 10.4. The van der Waals surface area contributed by atoms with Crippen LogP contribution in [0.1, 0.15) is 25.2 Å². The van der Waals surface area contributed by atoms with E-state index in [1.54, 1.807) is 0 Å². The van der Waals surface area contributed by atoms with Gasteiger partial charge in [0.05, 0.1) is 0 Å². The van der Waals surface area contributed by atoms with Gasteiger partial charge in [-0.05, 0) is 37.1 Å². The van der Waals surface area contributed by atoms with Gasteiger partial charge < -0.3 is 15.1 Å². The van der Waals surface area contributed by atoms with Crippen LogP contribution in [0.5, 0.6) is 0 Å². The molecule has 0 radical (unpaired) electrons. The number of aromatic nitrogens is 2. The Labute approximate surface area is 191 Å². The van der Waals surface area contributed by atoms with Crippen LogP contribution in [0.25, 0.3) is 0 Å². The number of hydrogen-bond donors (Lipinski definition) is 1. The van der Waals surface area contributed by atoms with Gasteiger partial charge in [0.15, 0.2) is 5.96 Å².